The van der Waals surface area contributed by atoms with E-state index in [9.17, 15) is 14.0 Å². The largest absolute Gasteiger partial charge is 0.342 e. The molecule has 0 aliphatic carbocycles. The van der Waals surface area contributed by atoms with Crippen molar-refractivity contribution in [3.05, 3.63) is 30.1 Å². The quantitative estimate of drug-likeness (QED) is 0.860. The Balaban J connectivity index is 1.43. The van der Waals surface area contributed by atoms with Crippen LogP contribution in [0.2, 0.25) is 0 Å². The Kier molecular flexibility index (Phi) is 6.21. The molecule has 0 aromatic heterocycles. The van der Waals surface area contributed by atoms with Crippen LogP contribution in [0.5, 0.6) is 0 Å². The van der Waals surface area contributed by atoms with E-state index in [1.807, 2.05) is 11.8 Å². The number of carbonyl (C=O) groups excluding carboxylic acids is 2. The number of anilines is 1. The Labute approximate surface area is 153 Å². The third kappa shape index (κ3) is 4.80. The van der Waals surface area contributed by atoms with Gasteiger partial charge in [-0.25, -0.2) is 4.39 Å². The summed E-state index contributed by atoms with van der Waals surface area (Å²) < 4.78 is 12.9. The molecule has 0 saturated carbocycles. The van der Waals surface area contributed by atoms with Crippen molar-refractivity contribution in [1.82, 2.24) is 14.7 Å². The molecule has 0 radical (unpaired) electrons. The van der Waals surface area contributed by atoms with Gasteiger partial charge in [-0.15, -0.1) is 0 Å². The molecule has 0 unspecified atom stereocenters. The average molecular weight is 362 g/mol. The van der Waals surface area contributed by atoms with E-state index in [-0.39, 0.29) is 23.7 Å². The molecule has 1 aromatic rings. The second-order valence-electron chi connectivity index (χ2n) is 7.07. The lowest BCUT2D eigenvalue weighted by Gasteiger charge is -2.37. The molecular formula is C19H27FN4O2. The predicted molar refractivity (Wildman–Crippen MR) is 98.3 cm³/mol. The minimum atomic E-state index is -0.323. The number of carbonyl (C=O) groups is 2. The summed E-state index contributed by atoms with van der Waals surface area (Å²) in [5, 5.41) is 2.83. The maximum Gasteiger partial charge on any atom is 0.241 e. The first-order valence-corrected chi connectivity index (χ1v) is 9.33. The molecule has 1 atom stereocenters. The van der Waals surface area contributed by atoms with Gasteiger partial charge in [-0.2, -0.15) is 0 Å². The molecule has 2 saturated heterocycles. The van der Waals surface area contributed by atoms with Gasteiger partial charge in [0.25, 0.3) is 0 Å². The highest BCUT2D eigenvalue weighted by molar-refractivity contribution is 5.94. The maximum atomic E-state index is 12.9. The van der Waals surface area contributed by atoms with E-state index in [1.54, 1.807) is 12.1 Å². The molecule has 2 fully saturated rings. The number of hydrogen-bond acceptors (Lipinski definition) is 4. The van der Waals surface area contributed by atoms with Crippen LogP contribution < -0.4 is 5.32 Å². The smallest absolute Gasteiger partial charge is 0.241 e. The standard InChI is InChI=1S/C19H27FN4O2/c1-15(19(26)21-17-6-4-16(20)5-7-17)23-12-10-22(11-13-23)14-18(25)24-8-2-3-9-24/h4-7,15H,2-3,8-14H2,1H3,(H,21,26)/t15-/m0/s1. The highest BCUT2D eigenvalue weighted by Gasteiger charge is 2.27. The van der Waals surface area contributed by atoms with Crippen molar-refractivity contribution in [3.8, 4) is 0 Å². The normalized spacial score (nSPS) is 20.2. The first-order valence-electron chi connectivity index (χ1n) is 9.33. The fraction of sp³-hybridized carbons (Fsp3) is 0.579. The van der Waals surface area contributed by atoms with Gasteiger partial charge in [0.05, 0.1) is 12.6 Å². The number of halogens is 1. The lowest BCUT2D eigenvalue weighted by molar-refractivity contribution is -0.132. The third-order valence-electron chi connectivity index (χ3n) is 5.26. The van der Waals surface area contributed by atoms with Crippen LogP contribution in [0.15, 0.2) is 24.3 Å². The predicted octanol–water partition coefficient (Wildman–Crippen LogP) is 1.39. The first kappa shape index (κ1) is 18.8. The van der Waals surface area contributed by atoms with Gasteiger partial charge >= 0.3 is 0 Å². The molecule has 142 valence electrons. The minimum absolute atomic E-state index is 0.0989. The molecule has 2 heterocycles. The SMILES string of the molecule is C[C@@H](C(=O)Nc1ccc(F)cc1)N1CCN(CC(=O)N2CCCC2)CC1. The number of benzene rings is 1. The Hall–Kier alpha value is -1.99. The van der Waals surface area contributed by atoms with Gasteiger partial charge < -0.3 is 10.2 Å². The van der Waals surface area contributed by atoms with E-state index in [2.05, 4.69) is 15.1 Å². The number of likely N-dealkylation sites (tertiary alicyclic amines) is 1. The molecule has 1 aromatic carbocycles. The number of rotatable bonds is 5. The van der Waals surface area contributed by atoms with Gasteiger partial charge in [0.1, 0.15) is 5.82 Å². The van der Waals surface area contributed by atoms with E-state index in [0.29, 0.717) is 12.2 Å². The molecule has 2 aliphatic rings. The van der Waals surface area contributed by atoms with Gasteiger partial charge in [0.2, 0.25) is 11.8 Å². The number of nitrogens with one attached hydrogen (secondary N) is 1. The van der Waals surface area contributed by atoms with Crippen LogP contribution >= 0.6 is 0 Å². The van der Waals surface area contributed by atoms with Crippen molar-refractivity contribution in [2.75, 3.05) is 51.1 Å². The zero-order valence-electron chi connectivity index (χ0n) is 15.3. The van der Waals surface area contributed by atoms with E-state index in [4.69, 9.17) is 0 Å². The van der Waals surface area contributed by atoms with Gasteiger partial charge in [-0.05, 0) is 44.0 Å². The van der Waals surface area contributed by atoms with Crippen molar-refractivity contribution >= 4 is 17.5 Å². The number of piperazine rings is 1. The summed E-state index contributed by atoms with van der Waals surface area (Å²) in [6.45, 7) is 7.21. The molecule has 7 heteroatoms. The van der Waals surface area contributed by atoms with Gasteiger partial charge in [-0.3, -0.25) is 19.4 Å². The number of nitrogens with zero attached hydrogens (tertiary/aromatic N) is 3. The van der Waals surface area contributed by atoms with E-state index >= 15 is 0 Å². The Morgan fingerprint density at radius 1 is 1.04 bits per heavy atom. The topological polar surface area (TPSA) is 55.9 Å². The average Bonchev–Trinajstić information content (AvgIpc) is 3.18. The van der Waals surface area contributed by atoms with Crippen molar-refractivity contribution < 1.29 is 14.0 Å². The van der Waals surface area contributed by atoms with Crippen LogP contribution in [0.25, 0.3) is 0 Å². The number of hydrogen-bond donors (Lipinski definition) is 1. The zero-order valence-corrected chi connectivity index (χ0v) is 15.3. The summed E-state index contributed by atoms with van der Waals surface area (Å²) in [6, 6.07) is 5.51. The zero-order chi connectivity index (χ0) is 18.5. The number of amides is 2. The van der Waals surface area contributed by atoms with Gasteiger partial charge in [-0.1, -0.05) is 0 Å². The van der Waals surface area contributed by atoms with Crippen LogP contribution in [0.1, 0.15) is 19.8 Å². The van der Waals surface area contributed by atoms with Gasteiger partial charge in [0.15, 0.2) is 0 Å². The summed E-state index contributed by atoms with van der Waals surface area (Å²) in [4.78, 5) is 30.9. The molecule has 2 aliphatic heterocycles. The summed E-state index contributed by atoms with van der Waals surface area (Å²) in [7, 11) is 0. The summed E-state index contributed by atoms with van der Waals surface area (Å²) in [5.74, 6) is -0.202. The molecule has 26 heavy (non-hydrogen) atoms. The lowest BCUT2D eigenvalue weighted by atomic mass is 10.2. The highest BCUT2D eigenvalue weighted by Crippen LogP contribution is 2.13. The van der Waals surface area contributed by atoms with E-state index in [1.165, 1.54) is 12.1 Å². The minimum Gasteiger partial charge on any atom is -0.342 e. The molecule has 0 bridgehead atoms. The van der Waals surface area contributed by atoms with Crippen molar-refractivity contribution in [3.63, 3.8) is 0 Å². The summed E-state index contributed by atoms with van der Waals surface area (Å²) in [6.07, 6.45) is 2.22. The second-order valence-corrected chi connectivity index (χ2v) is 7.07. The Bertz CT molecular complexity index is 623. The van der Waals surface area contributed by atoms with Crippen LogP contribution in [-0.2, 0) is 9.59 Å². The monoisotopic (exact) mass is 362 g/mol. The van der Waals surface area contributed by atoms with Crippen LogP contribution in [-0.4, -0.2) is 78.4 Å². The van der Waals surface area contributed by atoms with Gasteiger partial charge in [0, 0.05) is 45.0 Å². The fourth-order valence-electron chi connectivity index (χ4n) is 3.51. The van der Waals surface area contributed by atoms with E-state index < -0.39 is 0 Å². The summed E-state index contributed by atoms with van der Waals surface area (Å²) >= 11 is 0. The van der Waals surface area contributed by atoms with Crippen molar-refractivity contribution in [1.29, 1.82) is 0 Å². The third-order valence-corrected chi connectivity index (χ3v) is 5.26. The van der Waals surface area contributed by atoms with Crippen LogP contribution in [0.3, 0.4) is 0 Å². The molecule has 3 rings (SSSR count). The lowest BCUT2D eigenvalue weighted by Crippen LogP contribution is -2.54. The maximum absolute atomic E-state index is 12.9. The van der Waals surface area contributed by atoms with E-state index in [0.717, 1.165) is 52.1 Å². The molecule has 2 amide bonds. The summed E-state index contributed by atoms with van der Waals surface area (Å²) in [5.41, 5.74) is 0.595. The second kappa shape index (κ2) is 8.60. The Morgan fingerprint density at radius 3 is 2.27 bits per heavy atom. The highest BCUT2D eigenvalue weighted by atomic mass is 19.1. The molecular weight excluding hydrogens is 335 g/mol. The van der Waals surface area contributed by atoms with Crippen LogP contribution in [0, 0.1) is 5.82 Å². The van der Waals surface area contributed by atoms with Crippen molar-refractivity contribution in [2.24, 2.45) is 0 Å². The first-order chi connectivity index (χ1) is 12.5. The Morgan fingerprint density at radius 2 is 1.65 bits per heavy atom. The fourth-order valence-corrected chi connectivity index (χ4v) is 3.51. The van der Waals surface area contributed by atoms with Crippen LogP contribution in [0.4, 0.5) is 10.1 Å². The van der Waals surface area contributed by atoms with Crippen molar-refractivity contribution in [2.45, 2.75) is 25.8 Å². The molecule has 1 N–H and O–H groups in total. The molecule has 0 spiro atoms. The molecule has 6 nitrogen and oxygen atoms in total.